The van der Waals surface area contributed by atoms with Gasteiger partial charge in [0.15, 0.2) is 0 Å². The maximum atomic E-state index is 12.9. The van der Waals surface area contributed by atoms with E-state index in [2.05, 4.69) is 20.2 Å². The Balaban J connectivity index is 2.01. The van der Waals surface area contributed by atoms with Gasteiger partial charge in [-0.15, -0.1) is 0 Å². The topological polar surface area (TPSA) is 96.2 Å². The second-order valence-electron chi connectivity index (χ2n) is 5.83. The molecule has 0 saturated heterocycles. The van der Waals surface area contributed by atoms with Gasteiger partial charge in [0.2, 0.25) is 11.8 Å². The number of pyridine rings is 1. The highest BCUT2D eigenvalue weighted by Gasteiger charge is 2.16. The Bertz CT molecular complexity index is 1160. The number of hydrogen-bond donors (Lipinski definition) is 2. The van der Waals surface area contributed by atoms with Gasteiger partial charge < -0.3 is 5.11 Å². The average Bonchev–Trinajstić information content (AvgIpc) is 3.17. The van der Waals surface area contributed by atoms with Crippen molar-refractivity contribution >= 4 is 22.9 Å². The first-order valence-corrected chi connectivity index (χ1v) is 7.98. The number of aromatic amines is 1. The van der Waals surface area contributed by atoms with Crippen LogP contribution in [0.5, 0.6) is 5.88 Å². The van der Waals surface area contributed by atoms with E-state index >= 15 is 0 Å². The van der Waals surface area contributed by atoms with Gasteiger partial charge in [0, 0.05) is 17.0 Å². The van der Waals surface area contributed by atoms with Crippen LogP contribution in [0, 0.1) is 6.92 Å². The molecule has 0 atom stereocenters. The van der Waals surface area contributed by atoms with Crippen LogP contribution in [0.25, 0.3) is 16.5 Å². The lowest BCUT2D eigenvalue weighted by Gasteiger charge is -2.13. The SMILES string of the molecule is Cc1ccc(-n2c(O)c(/C=N/c3ncn[nH]3)c3ccccc3c2=O)cc1. The van der Waals surface area contributed by atoms with E-state index in [9.17, 15) is 9.90 Å². The molecule has 128 valence electrons. The molecular weight excluding hydrogens is 330 g/mol. The molecule has 0 saturated carbocycles. The van der Waals surface area contributed by atoms with E-state index in [1.54, 1.807) is 30.3 Å². The number of aromatic nitrogens is 4. The average molecular weight is 345 g/mol. The zero-order valence-corrected chi connectivity index (χ0v) is 13.9. The van der Waals surface area contributed by atoms with Crippen LogP contribution in [0.3, 0.4) is 0 Å². The molecule has 0 amide bonds. The standard InChI is InChI=1S/C19H15N5O2/c1-12-6-8-13(9-7-12)24-17(25)15-5-3-2-4-14(15)16(18(24)26)10-20-19-21-11-22-23-19/h2-11,26H,1H3,(H,21,22,23)/b20-10+. The third kappa shape index (κ3) is 2.65. The molecule has 2 N–H and O–H groups in total. The molecule has 0 radical (unpaired) electrons. The Hall–Kier alpha value is -3.74. The summed E-state index contributed by atoms with van der Waals surface area (Å²) in [5.74, 6) is 0.127. The van der Waals surface area contributed by atoms with Gasteiger partial charge in [-0.2, -0.15) is 10.1 Å². The van der Waals surface area contributed by atoms with E-state index in [1.807, 2.05) is 25.1 Å². The molecule has 0 aliphatic heterocycles. The minimum Gasteiger partial charge on any atom is -0.494 e. The van der Waals surface area contributed by atoms with Crippen LogP contribution in [0.1, 0.15) is 11.1 Å². The van der Waals surface area contributed by atoms with Crippen molar-refractivity contribution in [3.05, 3.63) is 76.3 Å². The summed E-state index contributed by atoms with van der Waals surface area (Å²) >= 11 is 0. The van der Waals surface area contributed by atoms with Crippen LogP contribution >= 0.6 is 0 Å². The van der Waals surface area contributed by atoms with Crippen molar-refractivity contribution < 1.29 is 5.11 Å². The van der Waals surface area contributed by atoms with Crippen molar-refractivity contribution in [2.45, 2.75) is 6.92 Å². The predicted octanol–water partition coefficient (Wildman–Crippen LogP) is 2.87. The number of H-pyrrole nitrogens is 1. The van der Waals surface area contributed by atoms with Crippen LogP contribution < -0.4 is 5.56 Å². The van der Waals surface area contributed by atoms with E-state index in [-0.39, 0.29) is 11.4 Å². The lowest BCUT2D eigenvalue weighted by molar-refractivity contribution is 0.436. The van der Waals surface area contributed by atoms with Gasteiger partial charge in [0.1, 0.15) is 6.33 Å². The van der Waals surface area contributed by atoms with E-state index < -0.39 is 0 Å². The van der Waals surface area contributed by atoms with Gasteiger partial charge in [0.25, 0.3) is 5.56 Å². The molecule has 7 nitrogen and oxygen atoms in total. The van der Waals surface area contributed by atoms with Gasteiger partial charge >= 0.3 is 0 Å². The van der Waals surface area contributed by atoms with Gasteiger partial charge in [0.05, 0.1) is 11.3 Å². The van der Waals surface area contributed by atoms with Crippen molar-refractivity contribution in [3.63, 3.8) is 0 Å². The highest BCUT2D eigenvalue weighted by atomic mass is 16.3. The van der Waals surface area contributed by atoms with Crippen molar-refractivity contribution in [2.75, 3.05) is 0 Å². The first-order chi connectivity index (χ1) is 12.6. The molecule has 0 spiro atoms. The van der Waals surface area contributed by atoms with Crippen molar-refractivity contribution in [2.24, 2.45) is 4.99 Å². The molecule has 26 heavy (non-hydrogen) atoms. The quantitative estimate of drug-likeness (QED) is 0.558. The zero-order valence-electron chi connectivity index (χ0n) is 13.9. The number of rotatable bonds is 3. The number of nitrogens with zero attached hydrogens (tertiary/aromatic N) is 4. The highest BCUT2D eigenvalue weighted by molar-refractivity contribution is 6.02. The van der Waals surface area contributed by atoms with E-state index in [0.29, 0.717) is 28.0 Å². The Morgan fingerprint density at radius 2 is 1.85 bits per heavy atom. The monoisotopic (exact) mass is 345 g/mol. The Labute approximate surface area is 148 Å². The molecule has 4 rings (SSSR count). The summed E-state index contributed by atoms with van der Waals surface area (Å²) in [6, 6.07) is 14.5. The Morgan fingerprint density at radius 1 is 1.12 bits per heavy atom. The fourth-order valence-corrected chi connectivity index (χ4v) is 2.81. The first-order valence-electron chi connectivity index (χ1n) is 7.98. The van der Waals surface area contributed by atoms with Gasteiger partial charge in [-0.3, -0.25) is 4.79 Å². The lowest BCUT2D eigenvalue weighted by Crippen LogP contribution is -2.20. The molecular formula is C19H15N5O2. The van der Waals surface area contributed by atoms with Crippen LogP contribution in [0.4, 0.5) is 5.95 Å². The molecule has 7 heteroatoms. The molecule has 0 fully saturated rings. The number of benzene rings is 2. The number of fused-ring (bicyclic) bond motifs is 1. The molecule has 0 aliphatic rings. The number of aromatic hydroxyl groups is 1. The fourth-order valence-electron chi connectivity index (χ4n) is 2.81. The minimum atomic E-state index is -0.293. The summed E-state index contributed by atoms with van der Waals surface area (Å²) in [5.41, 5.74) is 1.78. The van der Waals surface area contributed by atoms with E-state index in [4.69, 9.17) is 0 Å². The molecule has 0 aliphatic carbocycles. The van der Waals surface area contributed by atoms with Crippen LogP contribution in [0.15, 0.2) is 64.6 Å². The molecule has 0 unspecified atom stereocenters. The normalized spacial score (nSPS) is 11.4. The third-order valence-electron chi connectivity index (χ3n) is 4.11. The maximum Gasteiger partial charge on any atom is 0.265 e. The highest BCUT2D eigenvalue weighted by Crippen LogP contribution is 2.26. The Kier molecular flexibility index (Phi) is 3.81. The molecule has 0 bridgehead atoms. The second-order valence-corrected chi connectivity index (χ2v) is 5.83. The van der Waals surface area contributed by atoms with Crippen LogP contribution in [-0.4, -0.2) is 31.1 Å². The molecule has 2 aromatic carbocycles. The molecule has 2 aromatic heterocycles. The summed E-state index contributed by atoms with van der Waals surface area (Å²) in [7, 11) is 0. The lowest BCUT2D eigenvalue weighted by atomic mass is 10.1. The summed E-state index contributed by atoms with van der Waals surface area (Å²) in [6.07, 6.45) is 2.82. The smallest absolute Gasteiger partial charge is 0.265 e. The number of nitrogens with one attached hydrogen (secondary N) is 1. The Morgan fingerprint density at radius 3 is 2.54 bits per heavy atom. The predicted molar refractivity (Wildman–Crippen MR) is 99.6 cm³/mol. The van der Waals surface area contributed by atoms with E-state index in [0.717, 1.165) is 5.56 Å². The van der Waals surface area contributed by atoms with Gasteiger partial charge in [-0.1, -0.05) is 35.9 Å². The number of aliphatic imine (C=N–C) groups is 1. The first kappa shape index (κ1) is 15.8. The fraction of sp³-hybridized carbons (Fsp3) is 0.0526. The summed E-state index contributed by atoms with van der Waals surface area (Å²) in [6.45, 7) is 1.96. The number of hydrogen-bond acceptors (Lipinski definition) is 5. The summed E-state index contributed by atoms with van der Waals surface area (Å²) in [5, 5.41) is 18.3. The van der Waals surface area contributed by atoms with Crippen molar-refractivity contribution in [3.8, 4) is 11.6 Å². The zero-order chi connectivity index (χ0) is 18.1. The minimum absolute atomic E-state index is 0.180. The van der Waals surface area contributed by atoms with Crippen molar-refractivity contribution in [1.82, 2.24) is 19.7 Å². The third-order valence-corrected chi connectivity index (χ3v) is 4.11. The molecule has 2 heterocycles. The summed E-state index contributed by atoms with van der Waals surface area (Å²) < 4.78 is 1.28. The second kappa shape index (κ2) is 6.29. The summed E-state index contributed by atoms with van der Waals surface area (Å²) in [4.78, 5) is 21.1. The molecule has 4 aromatic rings. The van der Waals surface area contributed by atoms with Crippen LogP contribution in [0.2, 0.25) is 0 Å². The van der Waals surface area contributed by atoms with E-state index in [1.165, 1.54) is 17.1 Å². The van der Waals surface area contributed by atoms with Crippen molar-refractivity contribution in [1.29, 1.82) is 0 Å². The van der Waals surface area contributed by atoms with Gasteiger partial charge in [-0.25, -0.2) is 14.7 Å². The largest absolute Gasteiger partial charge is 0.494 e. The van der Waals surface area contributed by atoms with Gasteiger partial charge in [-0.05, 0) is 25.1 Å². The maximum absolute atomic E-state index is 12.9. The van der Waals surface area contributed by atoms with Crippen LogP contribution in [-0.2, 0) is 0 Å². The number of aryl methyl sites for hydroxylation is 1.